The van der Waals surface area contributed by atoms with Crippen molar-refractivity contribution in [2.24, 2.45) is 0 Å². The summed E-state index contributed by atoms with van der Waals surface area (Å²) >= 11 is 2.61. The summed E-state index contributed by atoms with van der Waals surface area (Å²) in [5, 5.41) is 10.9. The van der Waals surface area contributed by atoms with E-state index in [0.29, 0.717) is 6.07 Å². The minimum absolute atomic E-state index is 0.549. The number of aromatic nitrogens is 1. The van der Waals surface area contributed by atoms with Crippen LogP contribution in [-0.2, 0) is 10.9 Å². The highest BCUT2D eigenvalue weighted by Crippen LogP contribution is 2.35. The Balaban J connectivity index is 3.26. The molecule has 0 unspecified atom stereocenters. The quantitative estimate of drug-likeness (QED) is 0.806. The lowest BCUT2D eigenvalue weighted by Gasteiger charge is -2.20. The summed E-state index contributed by atoms with van der Waals surface area (Å²) in [6.45, 7) is 4.63. The van der Waals surface area contributed by atoms with E-state index in [-0.39, 0.29) is 0 Å². The first kappa shape index (κ1) is 18.2. The summed E-state index contributed by atoms with van der Waals surface area (Å²) in [7, 11) is 0. The molecule has 0 saturated heterocycles. The predicted molar refractivity (Wildman–Crippen MR) is 73.8 cm³/mol. The SMILES string of the molecule is CC(C)(C)OC(=O)Nc1nc(C(F)(F)F)c(Br)cc1C(=O)O. The third-order valence-electron chi connectivity index (χ3n) is 2.09. The zero-order valence-corrected chi connectivity index (χ0v) is 13.3. The van der Waals surface area contributed by atoms with Crippen LogP contribution in [-0.4, -0.2) is 27.8 Å². The molecule has 122 valence electrons. The Hall–Kier alpha value is -1.84. The van der Waals surface area contributed by atoms with Gasteiger partial charge in [-0.3, -0.25) is 5.32 Å². The van der Waals surface area contributed by atoms with Crippen LogP contribution < -0.4 is 5.32 Å². The maximum atomic E-state index is 12.8. The van der Waals surface area contributed by atoms with Crippen molar-refractivity contribution in [1.82, 2.24) is 4.98 Å². The van der Waals surface area contributed by atoms with Gasteiger partial charge < -0.3 is 9.84 Å². The van der Waals surface area contributed by atoms with E-state index in [4.69, 9.17) is 9.84 Å². The van der Waals surface area contributed by atoms with E-state index < -0.39 is 45.4 Å². The van der Waals surface area contributed by atoms with Crippen LogP contribution in [0.1, 0.15) is 36.8 Å². The van der Waals surface area contributed by atoms with E-state index in [0.717, 1.165) is 0 Å². The van der Waals surface area contributed by atoms with E-state index in [1.165, 1.54) is 0 Å². The highest BCUT2D eigenvalue weighted by Gasteiger charge is 2.37. The van der Waals surface area contributed by atoms with Crippen molar-refractivity contribution in [3.63, 3.8) is 0 Å². The molecule has 10 heteroatoms. The number of halogens is 4. The summed E-state index contributed by atoms with van der Waals surface area (Å²) < 4.78 is 42.7. The number of amides is 1. The molecule has 1 heterocycles. The smallest absolute Gasteiger partial charge is 0.434 e. The van der Waals surface area contributed by atoms with Crippen molar-refractivity contribution < 1.29 is 32.6 Å². The van der Waals surface area contributed by atoms with Crippen LogP contribution in [0.25, 0.3) is 0 Å². The molecular formula is C12H12BrF3N2O4. The maximum Gasteiger partial charge on any atom is 0.434 e. The van der Waals surface area contributed by atoms with Crippen LogP contribution in [0.2, 0.25) is 0 Å². The first-order valence-electron chi connectivity index (χ1n) is 5.82. The molecule has 1 amide bonds. The predicted octanol–water partition coefficient (Wildman–Crippen LogP) is 3.91. The number of nitrogens with one attached hydrogen (secondary N) is 1. The minimum atomic E-state index is -4.82. The normalized spacial score (nSPS) is 12.0. The summed E-state index contributed by atoms with van der Waals surface area (Å²) in [4.78, 5) is 25.8. The average molecular weight is 385 g/mol. The molecule has 0 fully saturated rings. The number of carboxylic acids is 1. The lowest BCUT2D eigenvalue weighted by molar-refractivity contribution is -0.141. The van der Waals surface area contributed by atoms with Crippen LogP contribution in [0.15, 0.2) is 10.5 Å². The molecule has 0 aliphatic carbocycles. The molecule has 1 aromatic rings. The molecule has 6 nitrogen and oxygen atoms in total. The Labute approximate surface area is 131 Å². The van der Waals surface area contributed by atoms with Gasteiger partial charge in [0.2, 0.25) is 0 Å². The molecule has 0 saturated carbocycles. The van der Waals surface area contributed by atoms with Crippen molar-refractivity contribution >= 4 is 33.8 Å². The second kappa shape index (κ2) is 6.11. The lowest BCUT2D eigenvalue weighted by atomic mass is 10.2. The fourth-order valence-electron chi connectivity index (χ4n) is 1.35. The standard InChI is InChI=1S/C12H12BrF3N2O4/c1-11(2,3)22-10(21)18-8-5(9(19)20)4-6(13)7(17-8)12(14,15)16/h4H,1-3H3,(H,19,20)(H,17,18,21). The first-order valence-corrected chi connectivity index (χ1v) is 6.61. The second-order valence-electron chi connectivity index (χ2n) is 5.14. The number of rotatable bonds is 2. The first-order chi connectivity index (χ1) is 9.81. The number of carbonyl (C=O) groups is 2. The number of ether oxygens (including phenoxy) is 1. The van der Waals surface area contributed by atoms with Crippen molar-refractivity contribution in [2.45, 2.75) is 32.5 Å². The monoisotopic (exact) mass is 384 g/mol. The summed E-state index contributed by atoms with van der Waals surface area (Å²) in [5.41, 5.74) is -2.87. The molecule has 0 aliphatic heterocycles. The summed E-state index contributed by atoms with van der Waals surface area (Å²) in [6.07, 6.45) is -5.93. The molecule has 0 radical (unpaired) electrons. The third kappa shape index (κ3) is 4.86. The Morgan fingerprint density at radius 2 is 1.86 bits per heavy atom. The number of anilines is 1. The number of alkyl halides is 3. The van der Waals surface area contributed by atoms with Crippen molar-refractivity contribution in [3.8, 4) is 0 Å². The van der Waals surface area contributed by atoms with E-state index >= 15 is 0 Å². The second-order valence-corrected chi connectivity index (χ2v) is 6.00. The fourth-order valence-corrected chi connectivity index (χ4v) is 1.89. The van der Waals surface area contributed by atoms with Gasteiger partial charge in [-0.25, -0.2) is 14.6 Å². The Morgan fingerprint density at radius 3 is 2.27 bits per heavy atom. The van der Waals surface area contributed by atoms with Gasteiger partial charge >= 0.3 is 18.2 Å². The van der Waals surface area contributed by atoms with Crippen LogP contribution in [0.4, 0.5) is 23.8 Å². The van der Waals surface area contributed by atoms with E-state index in [1.807, 2.05) is 5.32 Å². The molecule has 0 bridgehead atoms. The fraction of sp³-hybridized carbons (Fsp3) is 0.417. The Bertz CT molecular complexity index is 612. The molecule has 0 aliphatic rings. The highest BCUT2D eigenvalue weighted by molar-refractivity contribution is 9.10. The Kier molecular flexibility index (Phi) is 5.06. The van der Waals surface area contributed by atoms with Crippen molar-refractivity contribution in [1.29, 1.82) is 0 Å². The third-order valence-corrected chi connectivity index (χ3v) is 2.70. The van der Waals surface area contributed by atoms with E-state index in [9.17, 15) is 22.8 Å². The van der Waals surface area contributed by atoms with Crippen LogP contribution >= 0.6 is 15.9 Å². The van der Waals surface area contributed by atoms with Crippen LogP contribution in [0.5, 0.6) is 0 Å². The number of carbonyl (C=O) groups excluding carboxylic acids is 1. The van der Waals surface area contributed by atoms with Gasteiger partial charge in [-0.1, -0.05) is 0 Å². The van der Waals surface area contributed by atoms with E-state index in [1.54, 1.807) is 20.8 Å². The Morgan fingerprint density at radius 1 is 1.32 bits per heavy atom. The van der Waals surface area contributed by atoms with Crippen molar-refractivity contribution in [2.75, 3.05) is 5.32 Å². The van der Waals surface area contributed by atoms with Gasteiger partial charge in [-0.2, -0.15) is 13.2 Å². The van der Waals surface area contributed by atoms with E-state index in [2.05, 4.69) is 20.9 Å². The molecule has 1 rings (SSSR count). The number of pyridine rings is 1. The van der Waals surface area contributed by atoms with Gasteiger partial charge in [0, 0.05) is 4.47 Å². The van der Waals surface area contributed by atoms with Gasteiger partial charge in [0.05, 0.1) is 0 Å². The lowest BCUT2D eigenvalue weighted by Crippen LogP contribution is -2.28. The molecule has 0 atom stereocenters. The van der Waals surface area contributed by atoms with Gasteiger partial charge in [0.25, 0.3) is 0 Å². The summed E-state index contributed by atoms with van der Waals surface area (Å²) in [6, 6.07) is 0.713. The number of nitrogens with zero attached hydrogens (tertiary/aromatic N) is 1. The van der Waals surface area contributed by atoms with Gasteiger partial charge in [-0.05, 0) is 42.8 Å². The number of aromatic carboxylic acids is 1. The van der Waals surface area contributed by atoms with Gasteiger partial charge in [0.1, 0.15) is 11.2 Å². The number of hydrogen-bond acceptors (Lipinski definition) is 4. The highest BCUT2D eigenvalue weighted by atomic mass is 79.9. The molecule has 2 N–H and O–H groups in total. The molecule has 1 aromatic heterocycles. The van der Waals surface area contributed by atoms with Crippen molar-refractivity contribution in [3.05, 3.63) is 21.8 Å². The number of carboxylic acid groups (broad SMARTS) is 1. The maximum absolute atomic E-state index is 12.8. The van der Waals surface area contributed by atoms with Gasteiger partial charge in [0.15, 0.2) is 11.5 Å². The molecule has 0 aromatic carbocycles. The zero-order chi connectivity index (χ0) is 17.3. The summed E-state index contributed by atoms with van der Waals surface area (Å²) in [5.74, 6) is -2.30. The van der Waals surface area contributed by atoms with Crippen LogP contribution in [0, 0.1) is 0 Å². The number of hydrogen-bond donors (Lipinski definition) is 2. The average Bonchev–Trinajstić information content (AvgIpc) is 2.26. The molecule has 0 spiro atoms. The van der Waals surface area contributed by atoms with Crippen LogP contribution in [0.3, 0.4) is 0 Å². The molecular weight excluding hydrogens is 373 g/mol. The topological polar surface area (TPSA) is 88.5 Å². The minimum Gasteiger partial charge on any atom is -0.478 e. The largest absolute Gasteiger partial charge is 0.478 e. The molecule has 22 heavy (non-hydrogen) atoms. The zero-order valence-electron chi connectivity index (χ0n) is 11.7. The van der Waals surface area contributed by atoms with Gasteiger partial charge in [-0.15, -0.1) is 0 Å².